The third-order valence-electron chi connectivity index (χ3n) is 2.11. The zero-order chi connectivity index (χ0) is 12.2. The van der Waals surface area contributed by atoms with E-state index in [1.807, 2.05) is 6.92 Å². The molecule has 1 aromatic rings. The number of unbranched alkanes of at least 4 members (excludes halogenated alkanes) is 1. The molecule has 1 aromatic heterocycles. The standard InChI is InChI=1S/C10H14N2O3S/c1-2-3-7-16(14,15)8-5-4-6-12-9(8)10(11)13/h4-6H,2-3,7H2,1H3,(H2,11,13). The van der Waals surface area contributed by atoms with Gasteiger partial charge in [-0.2, -0.15) is 0 Å². The van der Waals surface area contributed by atoms with E-state index in [0.29, 0.717) is 6.42 Å². The lowest BCUT2D eigenvalue weighted by atomic mass is 10.3. The van der Waals surface area contributed by atoms with E-state index in [1.165, 1.54) is 18.3 Å². The second-order valence-corrected chi connectivity index (χ2v) is 5.46. The fourth-order valence-electron chi connectivity index (χ4n) is 1.27. The highest BCUT2D eigenvalue weighted by Crippen LogP contribution is 2.15. The summed E-state index contributed by atoms with van der Waals surface area (Å²) >= 11 is 0. The molecule has 0 atom stereocenters. The first-order chi connectivity index (χ1) is 7.49. The van der Waals surface area contributed by atoms with Gasteiger partial charge in [-0.1, -0.05) is 13.3 Å². The fraction of sp³-hybridized carbons (Fsp3) is 0.400. The van der Waals surface area contributed by atoms with E-state index in [-0.39, 0.29) is 16.3 Å². The second kappa shape index (κ2) is 5.07. The predicted octanol–water partition coefficient (Wildman–Crippen LogP) is 0.754. The van der Waals surface area contributed by atoms with Gasteiger partial charge in [-0.15, -0.1) is 0 Å². The van der Waals surface area contributed by atoms with Gasteiger partial charge in [0.15, 0.2) is 9.84 Å². The van der Waals surface area contributed by atoms with Crippen molar-refractivity contribution in [2.75, 3.05) is 5.75 Å². The summed E-state index contributed by atoms with van der Waals surface area (Å²) in [6.07, 6.45) is 2.67. The topological polar surface area (TPSA) is 90.1 Å². The average molecular weight is 242 g/mol. The number of pyridine rings is 1. The number of primary amides is 1. The quantitative estimate of drug-likeness (QED) is 0.825. The van der Waals surface area contributed by atoms with Crippen LogP contribution in [-0.4, -0.2) is 25.1 Å². The van der Waals surface area contributed by atoms with Crippen molar-refractivity contribution in [1.29, 1.82) is 0 Å². The predicted molar refractivity (Wildman–Crippen MR) is 59.7 cm³/mol. The number of amides is 1. The van der Waals surface area contributed by atoms with E-state index in [0.717, 1.165) is 6.42 Å². The first kappa shape index (κ1) is 12.6. The van der Waals surface area contributed by atoms with E-state index >= 15 is 0 Å². The lowest BCUT2D eigenvalue weighted by Crippen LogP contribution is -2.19. The molecule has 0 aromatic carbocycles. The molecule has 0 unspecified atom stereocenters. The van der Waals surface area contributed by atoms with Crippen molar-refractivity contribution in [1.82, 2.24) is 4.98 Å². The minimum Gasteiger partial charge on any atom is -0.364 e. The highest BCUT2D eigenvalue weighted by atomic mass is 32.2. The number of hydrogen-bond donors (Lipinski definition) is 1. The Hall–Kier alpha value is -1.43. The minimum absolute atomic E-state index is 0.00940. The van der Waals surface area contributed by atoms with Crippen LogP contribution in [0.4, 0.5) is 0 Å². The Balaban J connectivity index is 3.17. The maximum absolute atomic E-state index is 11.9. The van der Waals surface area contributed by atoms with E-state index in [2.05, 4.69) is 4.98 Å². The van der Waals surface area contributed by atoms with Crippen molar-refractivity contribution in [2.24, 2.45) is 5.73 Å². The Kier molecular flexibility index (Phi) is 4.00. The van der Waals surface area contributed by atoms with Gasteiger partial charge in [-0.25, -0.2) is 13.4 Å². The molecule has 0 saturated heterocycles. The second-order valence-electron chi connectivity index (χ2n) is 3.39. The van der Waals surface area contributed by atoms with Crippen LogP contribution in [-0.2, 0) is 9.84 Å². The molecule has 0 aliphatic carbocycles. The Morgan fingerprint density at radius 3 is 2.75 bits per heavy atom. The van der Waals surface area contributed by atoms with Gasteiger partial charge in [0, 0.05) is 6.20 Å². The number of nitrogens with zero attached hydrogens (tertiary/aromatic N) is 1. The van der Waals surface area contributed by atoms with Crippen molar-refractivity contribution >= 4 is 15.7 Å². The Bertz CT molecular complexity index is 483. The molecule has 5 nitrogen and oxygen atoms in total. The molecule has 0 aliphatic heterocycles. The van der Waals surface area contributed by atoms with Crippen molar-refractivity contribution in [3.63, 3.8) is 0 Å². The van der Waals surface area contributed by atoms with Crippen LogP contribution in [0.2, 0.25) is 0 Å². The number of carbonyl (C=O) groups is 1. The van der Waals surface area contributed by atoms with Crippen LogP contribution >= 0.6 is 0 Å². The van der Waals surface area contributed by atoms with Crippen LogP contribution in [0.3, 0.4) is 0 Å². The molecule has 88 valence electrons. The molecule has 1 amide bonds. The van der Waals surface area contributed by atoms with Crippen LogP contribution in [0.5, 0.6) is 0 Å². The van der Waals surface area contributed by atoms with Crippen LogP contribution in [0.15, 0.2) is 23.2 Å². The van der Waals surface area contributed by atoms with Gasteiger partial charge in [0.1, 0.15) is 5.69 Å². The van der Waals surface area contributed by atoms with Gasteiger partial charge < -0.3 is 5.73 Å². The van der Waals surface area contributed by atoms with Crippen molar-refractivity contribution in [3.8, 4) is 0 Å². The SMILES string of the molecule is CCCCS(=O)(=O)c1cccnc1C(N)=O. The summed E-state index contributed by atoms with van der Waals surface area (Å²) in [7, 11) is -3.46. The Labute approximate surface area is 94.6 Å². The van der Waals surface area contributed by atoms with E-state index in [1.54, 1.807) is 0 Å². The summed E-state index contributed by atoms with van der Waals surface area (Å²) in [6, 6.07) is 2.84. The molecule has 0 spiro atoms. The molecule has 0 aliphatic rings. The number of rotatable bonds is 5. The van der Waals surface area contributed by atoms with E-state index in [4.69, 9.17) is 5.73 Å². The molecule has 0 radical (unpaired) electrons. The molecular weight excluding hydrogens is 228 g/mol. The molecule has 2 N–H and O–H groups in total. The summed E-state index contributed by atoms with van der Waals surface area (Å²) < 4.78 is 23.7. The zero-order valence-corrected chi connectivity index (χ0v) is 9.83. The van der Waals surface area contributed by atoms with Crippen LogP contribution in [0.25, 0.3) is 0 Å². The number of carbonyl (C=O) groups excluding carboxylic acids is 1. The van der Waals surface area contributed by atoms with Gasteiger partial charge in [0.25, 0.3) is 5.91 Å². The highest BCUT2D eigenvalue weighted by molar-refractivity contribution is 7.91. The largest absolute Gasteiger partial charge is 0.364 e. The minimum atomic E-state index is -3.46. The van der Waals surface area contributed by atoms with Gasteiger partial charge in [-0.05, 0) is 18.6 Å². The number of nitrogens with two attached hydrogens (primary N) is 1. The smallest absolute Gasteiger partial charge is 0.268 e. The maximum atomic E-state index is 11.9. The van der Waals surface area contributed by atoms with Gasteiger partial charge in [0.05, 0.1) is 10.6 Å². The van der Waals surface area contributed by atoms with E-state index < -0.39 is 15.7 Å². The van der Waals surface area contributed by atoms with Crippen molar-refractivity contribution in [3.05, 3.63) is 24.0 Å². The summed E-state index contributed by atoms with van der Waals surface area (Å²) in [5.74, 6) is -0.814. The third-order valence-corrected chi connectivity index (χ3v) is 3.93. The number of hydrogen-bond acceptors (Lipinski definition) is 4. The molecule has 0 saturated carbocycles. The molecule has 0 fully saturated rings. The van der Waals surface area contributed by atoms with Crippen molar-refractivity contribution in [2.45, 2.75) is 24.7 Å². The molecule has 6 heteroatoms. The van der Waals surface area contributed by atoms with Crippen LogP contribution in [0, 0.1) is 0 Å². The molecular formula is C10H14N2O3S. The fourth-order valence-corrected chi connectivity index (χ4v) is 2.89. The van der Waals surface area contributed by atoms with E-state index in [9.17, 15) is 13.2 Å². The Morgan fingerprint density at radius 1 is 1.50 bits per heavy atom. The summed E-state index contributed by atoms with van der Waals surface area (Å²) in [5, 5.41) is 0. The molecule has 16 heavy (non-hydrogen) atoms. The highest BCUT2D eigenvalue weighted by Gasteiger charge is 2.21. The Morgan fingerprint density at radius 2 is 2.19 bits per heavy atom. The zero-order valence-electron chi connectivity index (χ0n) is 9.01. The van der Waals surface area contributed by atoms with Gasteiger partial charge in [0.2, 0.25) is 0 Å². The summed E-state index contributed by atoms with van der Waals surface area (Å²) in [6.45, 7) is 1.90. The number of aromatic nitrogens is 1. The third kappa shape index (κ3) is 2.79. The first-order valence-electron chi connectivity index (χ1n) is 4.96. The normalized spacial score (nSPS) is 11.3. The molecule has 1 heterocycles. The van der Waals surface area contributed by atoms with Crippen molar-refractivity contribution < 1.29 is 13.2 Å². The molecule has 1 rings (SSSR count). The van der Waals surface area contributed by atoms with Gasteiger partial charge >= 0.3 is 0 Å². The van der Waals surface area contributed by atoms with Crippen LogP contribution in [0.1, 0.15) is 30.3 Å². The lowest BCUT2D eigenvalue weighted by Gasteiger charge is -2.06. The number of sulfone groups is 1. The maximum Gasteiger partial charge on any atom is 0.268 e. The monoisotopic (exact) mass is 242 g/mol. The molecule has 0 bridgehead atoms. The van der Waals surface area contributed by atoms with Crippen LogP contribution < -0.4 is 5.73 Å². The van der Waals surface area contributed by atoms with Gasteiger partial charge in [-0.3, -0.25) is 4.79 Å². The average Bonchev–Trinajstić information content (AvgIpc) is 2.26. The summed E-state index contributed by atoms with van der Waals surface area (Å²) in [5.41, 5.74) is 4.89. The first-order valence-corrected chi connectivity index (χ1v) is 6.62. The lowest BCUT2D eigenvalue weighted by molar-refractivity contribution is 0.0992. The summed E-state index contributed by atoms with van der Waals surface area (Å²) in [4.78, 5) is 14.7.